The van der Waals surface area contributed by atoms with Crippen LogP contribution in [-0.4, -0.2) is 13.5 Å². The molecule has 0 atom stereocenters. The molecule has 2 N–H and O–H groups in total. The standard InChI is InChI=1S/C15H15Cl2NO3S/c1-8-4-9(2)14(10(3)5-8)18-22(20,21)13-7-11(16)6-12(17)15(13)19/h4-7,18-19H,1-3H3. The second-order valence-electron chi connectivity index (χ2n) is 5.11. The van der Waals surface area contributed by atoms with Crippen LogP contribution >= 0.6 is 23.2 Å². The van der Waals surface area contributed by atoms with Crippen molar-refractivity contribution in [1.82, 2.24) is 0 Å². The van der Waals surface area contributed by atoms with Gasteiger partial charge in [0.1, 0.15) is 4.90 Å². The number of anilines is 1. The molecule has 0 aliphatic rings. The van der Waals surface area contributed by atoms with Gasteiger partial charge in [0.15, 0.2) is 5.75 Å². The Morgan fingerprint density at radius 2 is 1.55 bits per heavy atom. The number of phenols is 1. The molecule has 4 nitrogen and oxygen atoms in total. The summed E-state index contributed by atoms with van der Waals surface area (Å²) < 4.78 is 27.5. The molecule has 118 valence electrons. The predicted molar refractivity (Wildman–Crippen MR) is 89.6 cm³/mol. The van der Waals surface area contributed by atoms with Crippen LogP contribution in [-0.2, 0) is 10.0 Å². The SMILES string of the molecule is Cc1cc(C)c(NS(=O)(=O)c2cc(Cl)cc(Cl)c2O)c(C)c1. The zero-order valence-electron chi connectivity index (χ0n) is 12.2. The lowest BCUT2D eigenvalue weighted by Crippen LogP contribution is -2.15. The van der Waals surface area contributed by atoms with E-state index in [4.69, 9.17) is 23.2 Å². The van der Waals surface area contributed by atoms with Crippen LogP contribution in [0, 0.1) is 20.8 Å². The molecule has 0 heterocycles. The van der Waals surface area contributed by atoms with Crippen molar-refractivity contribution in [2.75, 3.05) is 4.72 Å². The average Bonchev–Trinajstić information content (AvgIpc) is 2.38. The van der Waals surface area contributed by atoms with Gasteiger partial charge in [-0.2, -0.15) is 0 Å². The van der Waals surface area contributed by atoms with E-state index in [0.29, 0.717) is 5.69 Å². The number of aryl methyl sites for hydroxylation is 3. The predicted octanol–water partition coefficient (Wildman–Crippen LogP) is 4.43. The van der Waals surface area contributed by atoms with E-state index in [1.54, 1.807) is 0 Å². The molecule has 0 radical (unpaired) electrons. The van der Waals surface area contributed by atoms with Gasteiger partial charge in [0.25, 0.3) is 10.0 Å². The zero-order chi connectivity index (χ0) is 16.7. The van der Waals surface area contributed by atoms with Crippen molar-refractivity contribution in [2.45, 2.75) is 25.7 Å². The van der Waals surface area contributed by atoms with Gasteiger partial charge in [0, 0.05) is 5.02 Å². The maximum atomic E-state index is 12.5. The molecular formula is C15H15Cl2NO3S. The first-order chi connectivity index (χ1) is 10.1. The van der Waals surface area contributed by atoms with Gasteiger partial charge >= 0.3 is 0 Å². The largest absolute Gasteiger partial charge is 0.505 e. The van der Waals surface area contributed by atoms with Crippen LogP contribution in [0.1, 0.15) is 16.7 Å². The summed E-state index contributed by atoms with van der Waals surface area (Å²) in [5.41, 5.74) is 3.08. The van der Waals surface area contributed by atoms with E-state index in [0.717, 1.165) is 22.8 Å². The van der Waals surface area contributed by atoms with Gasteiger partial charge in [-0.05, 0) is 44.0 Å². The summed E-state index contributed by atoms with van der Waals surface area (Å²) in [7, 11) is -4.02. The first-order valence-electron chi connectivity index (χ1n) is 6.40. The Balaban J connectivity index is 2.54. The van der Waals surface area contributed by atoms with Crippen molar-refractivity contribution in [1.29, 1.82) is 0 Å². The van der Waals surface area contributed by atoms with E-state index in [9.17, 15) is 13.5 Å². The summed E-state index contributed by atoms with van der Waals surface area (Å²) in [5, 5.41) is 9.91. The number of halogens is 2. The van der Waals surface area contributed by atoms with Crippen LogP contribution in [0.3, 0.4) is 0 Å². The monoisotopic (exact) mass is 359 g/mol. The number of phenolic OH excluding ortho intramolecular Hbond substituents is 1. The Bertz CT molecular complexity index is 825. The zero-order valence-corrected chi connectivity index (χ0v) is 14.6. The minimum Gasteiger partial charge on any atom is -0.505 e. The fourth-order valence-corrected chi connectivity index (χ4v) is 4.24. The van der Waals surface area contributed by atoms with Crippen LogP contribution in [0.25, 0.3) is 0 Å². The summed E-state index contributed by atoms with van der Waals surface area (Å²) in [6, 6.07) is 6.18. The number of hydrogen-bond donors (Lipinski definition) is 2. The summed E-state index contributed by atoms with van der Waals surface area (Å²) in [5.74, 6) is -0.527. The highest BCUT2D eigenvalue weighted by atomic mass is 35.5. The molecule has 0 saturated heterocycles. The molecule has 0 fully saturated rings. The summed E-state index contributed by atoms with van der Waals surface area (Å²) in [6.07, 6.45) is 0. The number of benzene rings is 2. The highest BCUT2D eigenvalue weighted by Crippen LogP contribution is 2.35. The lowest BCUT2D eigenvalue weighted by molar-refractivity contribution is 0.459. The Morgan fingerprint density at radius 1 is 1.00 bits per heavy atom. The van der Waals surface area contributed by atoms with E-state index in [-0.39, 0.29) is 14.9 Å². The minimum atomic E-state index is -4.02. The van der Waals surface area contributed by atoms with E-state index in [1.807, 2.05) is 32.9 Å². The molecule has 0 bridgehead atoms. The van der Waals surface area contributed by atoms with Gasteiger partial charge in [0.05, 0.1) is 10.7 Å². The molecule has 0 unspecified atom stereocenters. The smallest absolute Gasteiger partial charge is 0.265 e. The highest BCUT2D eigenvalue weighted by molar-refractivity contribution is 7.92. The van der Waals surface area contributed by atoms with Crippen molar-refractivity contribution in [3.8, 4) is 5.75 Å². The number of sulfonamides is 1. The normalized spacial score (nSPS) is 11.5. The molecule has 2 rings (SSSR count). The molecule has 0 aliphatic carbocycles. The van der Waals surface area contributed by atoms with Crippen LogP contribution in [0.15, 0.2) is 29.2 Å². The number of rotatable bonds is 3. The lowest BCUT2D eigenvalue weighted by Gasteiger charge is -2.15. The maximum absolute atomic E-state index is 12.5. The second-order valence-corrected chi connectivity index (χ2v) is 7.61. The Kier molecular flexibility index (Phi) is 4.61. The molecular weight excluding hydrogens is 345 g/mol. The van der Waals surface area contributed by atoms with E-state index >= 15 is 0 Å². The molecule has 0 aliphatic heterocycles. The Hall–Kier alpha value is -1.43. The van der Waals surface area contributed by atoms with E-state index in [2.05, 4.69) is 4.72 Å². The molecule has 0 aromatic heterocycles. The highest BCUT2D eigenvalue weighted by Gasteiger charge is 2.23. The van der Waals surface area contributed by atoms with Crippen LogP contribution < -0.4 is 4.72 Å². The third-order valence-corrected chi connectivity index (χ3v) is 5.07. The maximum Gasteiger partial charge on any atom is 0.265 e. The molecule has 0 spiro atoms. The van der Waals surface area contributed by atoms with Crippen molar-refractivity contribution >= 4 is 38.9 Å². The van der Waals surface area contributed by atoms with Crippen LogP contribution in [0.4, 0.5) is 5.69 Å². The molecule has 0 saturated carbocycles. The molecule has 2 aromatic carbocycles. The number of nitrogens with one attached hydrogen (secondary N) is 1. The summed E-state index contributed by atoms with van der Waals surface area (Å²) >= 11 is 11.6. The molecule has 7 heteroatoms. The van der Waals surface area contributed by atoms with E-state index in [1.165, 1.54) is 6.07 Å². The molecule has 0 amide bonds. The van der Waals surface area contributed by atoms with Gasteiger partial charge in [-0.3, -0.25) is 4.72 Å². The van der Waals surface area contributed by atoms with Gasteiger partial charge in [-0.25, -0.2) is 8.42 Å². The Labute approximate surface area is 139 Å². The van der Waals surface area contributed by atoms with Crippen molar-refractivity contribution in [3.63, 3.8) is 0 Å². The van der Waals surface area contributed by atoms with Gasteiger partial charge in [-0.15, -0.1) is 0 Å². The third kappa shape index (κ3) is 3.32. The van der Waals surface area contributed by atoms with E-state index < -0.39 is 15.8 Å². The van der Waals surface area contributed by atoms with Gasteiger partial charge < -0.3 is 5.11 Å². The topological polar surface area (TPSA) is 66.4 Å². The van der Waals surface area contributed by atoms with Gasteiger partial charge in [0.2, 0.25) is 0 Å². The second kappa shape index (κ2) is 5.99. The van der Waals surface area contributed by atoms with Crippen molar-refractivity contribution < 1.29 is 13.5 Å². The average molecular weight is 360 g/mol. The molecule has 2 aromatic rings. The first-order valence-corrected chi connectivity index (χ1v) is 8.64. The quantitative estimate of drug-likeness (QED) is 0.851. The minimum absolute atomic E-state index is 0.120. The van der Waals surface area contributed by atoms with Crippen LogP contribution in [0.5, 0.6) is 5.75 Å². The van der Waals surface area contributed by atoms with Crippen molar-refractivity contribution in [3.05, 3.63) is 51.0 Å². The van der Waals surface area contributed by atoms with Crippen molar-refractivity contribution in [2.24, 2.45) is 0 Å². The third-order valence-electron chi connectivity index (χ3n) is 3.20. The summed E-state index contributed by atoms with van der Waals surface area (Å²) in [6.45, 7) is 5.55. The first kappa shape index (κ1) is 16.9. The number of hydrogen-bond acceptors (Lipinski definition) is 3. The van der Waals surface area contributed by atoms with Crippen LogP contribution in [0.2, 0.25) is 10.0 Å². The van der Waals surface area contributed by atoms with Gasteiger partial charge in [-0.1, -0.05) is 40.9 Å². The Morgan fingerprint density at radius 3 is 2.09 bits per heavy atom. The summed E-state index contributed by atoms with van der Waals surface area (Å²) in [4.78, 5) is -0.357. The fourth-order valence-electron chi connectivity index (χ4n) is 2.28. The molecule has 22 heavy (non-hydrogen) atoms. The lowest BCUT2D eigenvalue weighted by atomic mass is 10.1. The number of aromatic hydroxyl groups is 1. The fraction of sp³-hybridized carbons (Fsp3) is 0.200.